The molecule has 1 N–H and O–H groups in total. The minimum atomic E-state index is -0.540. The second-order valence-corrected chi connectivity index (χ2v) is 9.07. The van der Waals surface area contributed by atoms with E-state index >= 15 is 0 Å². The van der Waals surface area contributed by atoms with Crippen molar-refractivity contribution in [1.82, 2.24) is 5.32 Å². The molecule has 3 rings (SSSR count). The van der Waals surface area contributed by atoms with Crippen molar-refractivity contribution in [2.24, 2.45) is 5.92 Å². The van der Waals surface area contributed by atoms with Gasteiger partial charge in [-0.25, -0.2) is 0 Å². The molecule has 9 heteroatoms. The number of benzene rings is 2. The number of nitrogens with one attached hydrogen (secondary N) is 1. The second kappa shape index (κ2) is 13.2. The number of hydrogen-bond donors (Lipinski definition) is 1. The van der Waals surface area contributed by atoms with Gasteiger partial charge in [-0.15, -0.1) is 0 Å². The zero-order valence-electron chi connectivity index (χ0n) is 22.5. The first-order valence-corrected chi connectivity index (χ1v) is 12.5. The Morgan fingerprint density at radius 3 is 2.19 bits per heavy atom. The van der Waals surface area contributed by atoms with E-state index in [0.717, 1.165) is 5.56 Å². The number of ether oxygens (including phenoxy) is 5. The number of carbonyl (C=O) groups is 2. The highest BCUT2D eigenvalue weighted by molar-refractivity contribution is 5.98. The summed E-state index contributed by atoms with van der Waals surface area (Å²) < 4.78 is 27.4. The normalized spacial score (nSPS) is 17.5. The number of anilines is 1. The lowest BCUT2D eigenvalue weighted by Gasteiger charge is -2.41. The van der Waals surface area contributed by atoms with E-state index in [2.05, 4.69) is 5.32 Å². The standard InChI is InChI=1S/C28H38N2O7/c1-18(2)37-15-7-14-29-28(32)22-12-13-25(31)30(26(22)19-8-10-21(33-3)11-9-19)20-16-23(34-4)27(36-6)24(17-20)35-5/h8-11,16-18,22,26H,7,12-15H2,1-6H3,(H,29,32)/t22-,26-/m1/s1. The maximum absolute atomic E-state index is 13.4. The Bertz CT molecular complexity index is 1030. The quantitative estimate of drug-likeness (QED) is 0.426. The largest absolute Gasteiger partial charge is 0.497 e. The molecule has 1 aliphatic rings. The van der Waals surface area contributed by atoms with Crippen molar-refractivity contribution in [3.05, 3.63) is 42.0 Å². The zero-order chi connectivity index (χ0) is 26.9. The highest BCUT2D eigenvalue weighted by Gasteiger charge is 2.42. The van der Waals surface area contributed by atoms with Crippen LogP contribution in [0.4, 0.5) is 5.69 Å². The van der Waals surface area contributed by atoms with Crippen molar-refractivity contribution in [3.8, 4) is 23.0 Å². The summed E-state index contributed by atoms with van der Waals surface area (Å²) in [6, 6.07) is 10.4. The summed E-state index contributed by atoms with van der Waals surface area (Å²) in [5.41, 5.74) is 1.38. The molecule has 0 spiro atoms. The Balaban J connectivity index is 1.99. The number of piperidine rings is 1. The maximum Gasteiger partial charge on any atom is 0.227 e. The molecule has 0 radical (unpaired) electrons. The summed E-state index contributed by atoms with van der Waals surface area (Å²) >= 11 is 0. The van der Waals surface area contributed by atoms with Gasteiger partial charge in [0.05, 0.1) is 52.2 Å². The Hall–Kier alpha value is -3.46. The molecule has 2 aromatic carbocycles. The number of amides is 2. The summed E-state index contributed by atoms with van der Waals surface area (Å²) in [5, 5.41) is 3.05. The van der Waals surface area contributed by atoms with Crippen LogP contribution in [0.3, 0.4) is 0 Å². The molecule has 0 unspecified atom stereocenters. The fourth-order valence-electron chi connectivity index (χ4n) is 4.59. The van der Waals surface area contributed by atoms with E-state index in [4.69, 9.17) is 23.7 Å². The predicted molar refractivity (Wildman–Crippen MR) is 141 cm³/mol. The Kier molecular flexibility index (Phi) is 10.0. The molecule has 1 saturated heterocycles. The smallest absolute Gasteiger partial charge is 0.227 e. The van der Waals surface area contributed by atoms with Crippen LogP contribution in [0, 0.1) is 5.92 Å². The topological polar surface area (TPSA) is 95.6 Å². The molecule has 0 aromatic heterocycles. The van der Waals surface area contributed by atoms with E-state index < -0.39 is 12.0 Å². The molecule has 202 valence electrons. The predicted octanol–water partition coefficient (Wildman–Crippen LogP) is 4.14. The molecule has 2 atom stereocenters. The molecule has 37 heavy (non-hydrogen) atoms. The number of hydrogen-bond acceptors (Lipinski definition) is 7. The fourth-order valence-corrected chi connectivity index (χ4v) is 4.59. The molecule has 2 amide bonds. The summed E-state index contributed by atoms with van der Waals surface area (Å²) in [6.45, 7) is 5.03. The monoisotopic (exact) mass is 514 g/mol. The first-order valence-electron chi connectivity index (χ1n) is 12.5. The Labute approximate surface area is 219 Å². The van der Waals surface area contributed by atoms with Crippen LogP contribution in [0.15, 0.2) is 36.4 Å². The molecule has 0 bridgehead atoms. The third kappa shape index (κ3) is 6.65. The van der Waals surface area contributed by atoms with E-state index in [1.54, 1.807) is 24.1 Å². The van der Waals surface area contributed by atoms with Gasteiger partial charge in [0.25, 0.3) is 0 Å². The molecule has 1 fully saturated rings. The molecule has 1 heterocycles. The van der Waals surface area contributed by atoms with Crippen LogP contribution in [0.25, 0.3) is 0 Å². The highest BCUT2D eigenvalue weighted by atomic mass is 16.5. The van der Waals surface area contributed by atoms with Crippen molar-refractivity contribution in [1.29, 1.82) is 0 Å². The summed E-state index contributed by atoms with van der Waals surface area (Å²) in [6.07, 6.45) is 1.52. The molecule has 0 aliphatic carbocycles. The highest BCUT2D eigenvalue weighted by Crippen LogP contribution is 2.46. The molecular weight excluding hydrogens is 476 g/mol. The average Bonchev–Trinajstić information content (AvgIpc) is 2.91. The van der Waals surface area contributed by atoms with Crippen molar-refractivity contribution >= 4 is 17.5 Å². The SMILES string of the molecule is COc1ccc([C@@H]2[C@H](C(=O)NCCCOC(C)C)CCC(=O)N2c2cc(OC)c(OC)c(OC)c2)cc1. The molecule has 1 aliphatic heterocycles. The molecular formula is C28H38N2O7. The summed E-state index contributed by atoms with van der Waals surface area (Å²) in [7, 11) is 6.18. The van der Waals surface area contributed by atoms with Gasteiger partial charge in [0.15, 0.2) is 11.5 Å². The number of nitrogens with zero attached hydrogens (tertiary/aromatic N) is 1. The third-order valence-electron chi connectivity index (χ3n) is 6.39. The van der Waals surface area contributed by atoms with Gasteiger partial charge in [-0.3, -0.25) is 9.59 Å². The van der Waals surface area contributed by atoms with Crippen molar-refractivity contribution in [2.45, 2.75) is 45.3 Å². The van der Waals surface area contributed by atoms with Crippen molar-refractivity contribution < 1.29 is 33.3 Å². The van der Waals surface area contributed by atoms with E-state index in [0.29, 0.717) is 54.7 Å². The van der Waals surface area contributed by atoms with E-state index in [1.807, 2.05) is 38.1 Å². The Morgan fingerprint density at radius 1 is 1.00 bits per heavy atom. The van der Waals surface area contributed by atoms with Gasteiger partial charge in [-0.05, 0) is 44.4 Å². The number of carbonyl (C=O) groups excluding carboxylic acids is 2. The van der Waals surface area contributed by atoms with Crippen molar-refractivity contribution in [2.75, 3.05) is 46.5 Å². The van der Waals surface area contributed by atoms with Crippen molar-refractivity contribution in [3.63, 3.8) is 0 Å². The van der Waals surface area contributed by atoms with Crippen LogP contribution in [-0.4, -0.2) is 59.5 Å². The zero-order valence-corrected chi connectivity index (χ0v) is 22.5. The average molecular weight is 515 g/mol. The molecule has 2 aromatic rings. The number of rotatable bonds is 12. The minimum Gasteiger partial charge on any atom is -0.497 e. The maximum atomic E-state index is 13.4. The lowest BCUT2D eigenvalue weighted by Crippen LogP contribution is -2.48. The van der Waals surface area contributed by atoms with Gasteiger partial charge in [0, 0.05) is 31.7 Å². The van der Waals surface area contributed by atoms with Crippen LogP contribution >= 0.6 is 0 Å². The van der Waals surface area contributed by atoms with Gasteiger partial charge in [-0.2, -0.15) is 0 Å². The van der Waals surface area contributed by atoms with Crippen LogP contribution in [-0.2, 0) is 14.3 Å². The van der Waals surface area contributed by atoms with Crippen LogP contribution in [0.2, 0.25) is 0 Å². The Morgan fingerprint density at radius 2 is 1.65 bits per heavy atom. The van der Waals surface area contributed by atoms with Crippen LogP contribution in [0.1, 0.15) is 44.7 Å². The minimum absolute atomic E-state index is 0.0931. The molecule has 0 saturated carbocycles. The summed E-state index contributed by atoms with van der Waals surface area (Å²) in [5.74, 6) is 1.31. The van der Waals surface area contributed by atoms with Gasteiger partial charge < -0.3 is 33.9 Å². The van der Waals surface area contributed by atoms with Gasteiger partial charge in [-0.1, -0.05) is 12.1 Å². The van der Waals surface area contributed by atoms with Crippen LogP contribution in [0.5, 0.6) is 23.0 Å². The number of methoxy groups -OCH3 is 4. The van der Waals surface area contributed by atoms with Gasteiger partial charge in [0.1, 0.15) is 5.75 Å². The first kappa shape index (κ1) is 28.1. The fraction of sp³-hybridized carbons (Fsp3) is 0.500. The van der Waals surface area contributed by atoms with E-state index in [-0.39, 0.29) is 24.3 Å². The van der Waals surface area contributed by atoms with E-state index in [9.17, 15) is 9.59 Å². The third-order valence-corrected chi connectivity index (χ3v) is 6.39. The van der Waals surface area contributed by atoms with Gasteiger partial charge >= 0.3 is 0 Å². The van der Waals surface area contributed by atoms with Crippen LogP contribution < -0.4 is 29.2 Å². The lowest BCUT2D eigenvalue weighted by atomic mass is 9.83. The summed E-state index contributed by atoms with van der Waals surface area (Å²) in [4.78, 5) is 28.5. The second-order valence-electron chi connectivity index (χ2n) is 9.07. The van der Waals surface area contributed by atoms with E-state index in [1.165, 1.54) is 21.3 Å². The molecule has 9 nitrogen and oxygen atoms in total. The van der Waals surface area contributed by atoms with Gasteiger partial charge in [0.2, 0.25) is 17.6 Å². The first-order chi connectivity index (χ1) is 17.8. The lowest BCUT2D eigenvalue weighted by molar-refractivity contribution is -0.129.